The highest BCUT2D eigenvalue weighted by molar-refractivity contribution is 5.84. The number of benzene rings is 2. The van der Waals surface area contributed by atoms with Gasteiger partial charge >= 0.3 is 0 Å². The topological polar surface area (TPSA) is 59.1 Å². The lowest BCUT2D eigenvalue weighted by Crippen LogP contribution is -2.43. The molecule has 27 heavy (non-hydrogen) atoms. The standard InChI is InChI=1S/C20H20FN5O/c1-12-7-16(10-18-19(12)23-13(2)27-18)26-11-14-8-15(9-17(21)20(14)24-26)25-5-3-22-4-6-25/h7-11,22H,3-6H2,1-2H3. The van der Waals surface area contributed by atoms with Gasteiger partial charge in [0.2, 0.25) is 0 Å². The second-order valence-electron chi connectivity index (χ2n) is 7.02. The Bertz CT molecular complexity index is 1160. The lowest BCUT2D eigenvalue weighted by atomic mass is 10.2. The maximum Gasteiger partial charge on any atom is 0.192 e. The van der Waals surface area contributed by atoms with Crippen LogP contribution in [-0.2, 0) is 0 Å². The van der Waals surface area contributed by atoms with Crippen molar-refractivity contribution in [1.29, 1.82) is 0 Å². The molecule has 0 spiro atoms. The third-order valence-corrected chi connectivity index (χ3v) is 5.07. The van der Waals surface area contributed by atoms with E-state index in [0.717, 1.165) is 54.0 Å². The number of fused-ring (bicyclic) bond motifs is 2. The van der Waals surface area contributed by atoms with Crippen LogP contribution in [0.2, 0.25) is 0 Å². The molecule has 2 aromatic carbocycles. The molecule has 1 aliphatic rings. The van der Waals surface area contributed by atoms with Gasteiger partial charge in [0.05, 0.1) is 5.69 Å². The third-order valence-electron chi connectivity index (χ3n) is 5.07. The molecule has 1 saturated heterocycles. The van der Waals surface area contributed by atoms with Crippen LogP contribution in [-0.4, -0.2) is 40.9 Å². The fourth-order valence-electron chi connectivity index (χ4n) is 3.74. The average Bonchev–Trinajstić information content (AvgIpc) is 3.26. The number of hydrogen-bond acceptors (Lipinski definition) is 5. The Kier molecular flexibility index (Phi) is 3.65. The maximum absolute atomic E-state index is 14.7. The minimum atomic E-state index is -0.298. The van der Waals surface area contributed by atoms with Gasteiger partial charge in [0.25, 0.3) is 0 Å². The molecule has 0 aliphatic carbocycles. The third kappa shape index (κ3) is 2.75. The Labute approximate surface area is 155 Å². The molecule has 0 saturated carbocycles. The molecule has 1 fully saturated rings. The molecule has 0 atom stereocenters. The zero-order chi connectivity index (χ0) is 18.5. The number of nitrogens with one attached hydrogen (secondary N) is 1. The summed E-state index contributed by atoms with van der Waals surface area (Å²) in [5, 5.41) is 8.58. The Morgan fingerprint density at radius 3 is 2.67 bits per heavy atom. The Balaban J connectivity index is 1.61. The summed E-state index contributed by atoms with van der Waals surface area (Å²) in [5.74, 6) is 0.329. The number of aromatic nitrogens is 3. The molecule has 4 aromatic rings. The monoisotopic (exact) mass is 365 g/mol. The first-order chi connectivity index (χ1) is 13.1. The van der Waals surface area contributed by atoms with Crippen molar-refractivity contribution in [3.8, 4) is 5.69 Å². The lowest BCUT2D eigenvalue weighted by Gasteiger charge is -2.29. The summed E-state index contributed by atoms with van der Waals surface area (Å²) in [6, 6.07) is 7.48. The van der Waals surface area contributed by atoms with Gasteiger partial charge in [-0.25, -0.2) is 14.1 Å². The molecular formula is C20H20FN5O. The van der Waals surface area contributed by atoms with Crippen molar-refractivity contribution in [3.63, 3.8) is 0 Å². The maximum atomic E-state index is 14.7. The van der Waals surface area contributed by atoms with Crippen LogP contribution < -0.4 is 10.2 Å². The van der Waals surface area contributed by atoms with E-state index in [4.69, 9.17) is 4.42 Å². The fraction of sp³-hybridized carbons (Fsp3) is 0.300. The van der Waals surface area contributed by atoms with Gasteiger partial charge in [0.1, 0.15) is 11.0 Å². The van der Waals surface area contributed by atoms with Crippen molar-refractivity contribution in [2.75, 3.05) is 31.1 Å². The smallest absolute Gasteiger partial charge is 0.192 e. The Morgan fingerprint density at radius 2 is 1.85 bits per heavy atom. The Morgan fingerprint density at radius 1 is 1.04 bits per heavy atom. The van der Waals surface area contributed by atoms with Crippen LogP contribution in [0.15, 0.2) is 34.9 Å². The molecule has 5 rings (SSSR count). The number of hydrogen-bond donors (Lipinski definition) is 1. The van der Waals surface area contributed by atoms with Crippen LogP contribution in [0.5, 0.6) is 0 Å². The first-order valence-electron chi connectivity index (χ1n) is 9.11. The molecule has 7 heteroatoms. The van der Waals surface area contributed by atoms with E-state index in [9.17, 15) is 4.39 Å². The molecule has 1 aliphatic heterocycles. The van der Waals surface area contributed by atoms with Crippen LogP contribution in [0.25, 0.3) is 27.7 Å². The summed E-state index contributed by atoms with van der Waals surface area (Å²) in [5.41, 5.74) is 4.67. The highest BCUT2D eigenvalue weighted by atomic mass is 19.1. The van der Waals surface area contributed by atoms with Crippen LogP contribution >= 0.6 is 0 Å². The van der Waals surface area contributed by atoms with Gasteiger partial charge in [-0.1, -0.05) is 0 Å². The van der Waals surface area contributed by atoms with E-state index >= 15 is 0 Å². The summed E-state index contributed by atoms with van der Waals surface area (Å²) in [4.78, 5) is 6.60. The Hall–Kier alpha value is -2.93. The summed E-state index contributed by atoms with van der Waals surface area (Å²) in [6.45, 7) is 7.39. The SMILES string of the molecule is Cc1nc2c(C)cc(-n3cc4cc(N5CCNCC5)cc(F)c4n3)cc2o1. The van der Waals surface area contributed by atoms with E-state index in [2.05, 4.69) is 20.3 Å². The first kappa shape index (κ1) is 16.3. The predicted molar refractivity (Wildman–Crippen MR) is 103 cm³/mol. The summed E-state index contributed by atoms with van der Waals surface area (Å²) >= 11 is 0. The highest BCUT2D eigenvalue weighted by Gasteiger charge is 2.16. The molecule has 2 aromatic heterocycles. The van der Waals surface area contributed by atoms with Crippen molar-refractivity contribution in [1.82, 2.24) is 20.1 Å². The van der Waals surface area contributed by atoms with Crippen molar-refractivity contribution < 1.29 is 8.81 Å². The second-order valence-corrected chi connectivity index (χ2v) is 7.02. The van der Waals surface area contributed by atoms with E-state index in [-0.39, 0.29) is 5.82 Å². The van der Waals surface area contributed by atoms with E-state index in [1.807, 2.05) is 38.2 Å². The average molecular weight is 365 g/mol. The second kappa shape index (κ2) is 6.06. The molecule has 3 heterocycles. The molecule has 0 bridgehead atoms. The number of halogens is 1. The van der Waals surface area contributed by atoms with Gasteiger partial charge in [0, 0.05) is 56.4 Å². The van der Waals surface area contributed by atoms with Gasteiger partial charge in [-0.15, -0.1) is 0 Å². The number of nitrogens with zero attached hydrogens (tertiary/aromatic N) is 4. The van der Waals surface area contributed by atoms with E-state index < -0.39 is 0 Å². The minimum Gasteiger partial charge on any atom is -0.441 e. The molecule has 1 N–H and O–H groups in total. The number of anilines is 1. The predicted octanol–water partition coefficient (Wildman–Crippen LogP) is 3.33. The summed E-state index contributed by atoms with van der Waals surface area (Å²) < 4.78 is 22.1. The van der Waals surface area contributed by atoms with Gasteiger partial charge in [-0.3, -0.25) is 0 Å². The molecular weight excluding hydrogens is 345 g/mol. The normalized spacial score (nSPS) is 15.1. The van der Waals surface area contributed by atoms with Crippen LogP contribution in [0.4, 0.5) is 10.1 Å². The number of oxazole rings is 1. The molecule has 138 valence electrons. The van der Waals surface area contributed by atoms with Crippen molar-refractivity contribution in [2.24, 2.45) is 0 Å². The van der Waals surface area contributed by atoms with E-state index in [1.165, 1.54) is 0 Å². The minimum absolute atomic E-state index is 0.298. The van der Waals surface area contributed by atoms with Gasteiger partial charge in [-0.2, -0.15) is 5.10 Å². The van der Waals surface area contributed by atoms with E-state index in [0.29, 0.717) is 17.0 Å². The van der Waals surface area contributed by atoms with Gasteiger partial charge in [-0.05, 0) is 30.7 Å². The van der Waals surface area contributed by atoms with Crippen LogP contribution in [0.1, 0.15) is 11.5 Å². The van der Waals surface area contributed by atoms with Crippen LogP contribution in [0.3, 0.4) is 0 Å². The molecule has 0 radical (unpaired) electrons. The quantitative estimate of drug-likeness (QED) is 0.590. The largest absolute Gasteiger partial charge is 0.441 e. The fourth-order valence-corrected chi connectivity index (χ4v) is 3.74. The number of rotatable bonds is 2. The summed E-state index contributed by atoms with van der Waals surface area (Å²) in [6.07, 6.45) is 1.87. The zero-order valence-corrected chi connectivity index (χ0v) is 15.3. The van der Waals surface area contributed by atoms with Crippen molar-refractivity contribution >= 4 is 27.7 Å². The molecule has 6 nitrogen and oxygen atoms in total. The lowest BCUT2D eigenvalue weighted by molar-refractivity contribution is 0.561. The highest BCUT2D eigenvalue weighted by Crippen LogP contribution is 2.28. The van der Waals surface area contributed by atoms with Crippen molar-refractivity contribution in [2.45, 2.75) is 13.8 Å². The molecule has 0 amide bonds. The van der Waals surface area contributed by atoms with Gasteiger partial charge in [0.15, 0.2) is 17.3 Å². The van der Waals surface area contributed by atoms with Crippen molar-refractivity contribution in [3.05, 3.63) is 47.7 Å². The van der Waals surface area contributed by atoms with Gasteiger partial charge < -0.3 is 14.6 Å². The molecule has 0 unspecified atom stereocenters. The number of piperazine rings is 1. The summed E-state index contributed by atoms with van der Waals surface area (Å²) in [7, 11) is 0. The number of aryl methyl sites for hydroxylation is 2. The van der Waals surface area contributed by atoms with E-state index in [1.54, 1.807) is 10.7 Å². The van der Waals surface area contributed by atoms with Crippen LogP contribution in [0, 0.1) is 19.7 Å². The zero-order valence-electron chi connectivity index (χ0n) is 15.3. The first-order valence-corrected chi connectivity index (χ1v) is 9.11.